The van der Waals surface area contributed by atoms with Gasteiger partial charge in [0.2, 0.25) is 0 Å². The number of nitrogens with zero attached hydrogens (tertiary/aromatic N) is 6. The first kappa shape index (κ1) is 48.7. The highest BCUT2D eigenvalue weighted by molar-refractivity contribution is 5.91. The summed E-state index contributed by atoms with van der Waals surface area (Å²) >= 11 is 0. The van der Waals surface area contributed by atoms with E-state index in [2.05, 4.69) is 20.2 Å². The molecule has 0 bridgehead atoms. The summed E-state index contributed by atoms with van der Waals surface area (Å²) in [5.74, 6) is -2.84. The SMILES string of the molecule is CCO[C@@H](O[C@H]1[C@@H](CCN(C)Cc2cn(-c3cccc4ncccc34)nn2)C[C@@H](C)C(=O)/C=C/C(C)=C/[C@H](CO)[C@@H](CC)OC(=O)C[C@@H](O)[C@@H]1C)C(O)C([C@@H](C)O)N(C)C. The van der Waals surface area contributed by atoms with Crippen LogP contribution in [0.25, 0.3) is 16.6 Å². The number of esters is 1. The third kappa shape index (κ3) is 13.3. The van der Waals surface area contributed by atoms with Crippen LogP contribution in [0.15, 0.2) is 66.5 Å². The summed E-state index contributed by atoms with van der Waals surface area (Å²) in [6, 6.07) is 8.96. The number of aliphatic hydroxyl groups excluding tert-OH is 4. The highest BCUT2D eigenvalue weighted by Gasteiger charge is 2.41. The first-order chi connectivity index (χ1) is 28.6. The maximum atomic E-state index is 13.8. The van der Waals surface area contributed by atoms with E-state index in [0.717, 1.165) is 27.9 Å². The van der Waals surface area contributed by atoms with Gasteiger partial charge in [0.05, 0.1) is 60.5 Å². The van der Waals surface area contributed by atoms with Crippen molar-refractivity contribution in [1.29, 1.82) is 0 Å². The van der Waals surface area contributed by atoms with Gasteiger partial charge in [-0.2, -0.15) is 0 Å². The van der Waals surface area contributed by atoms with Crippen molar-refractivity contribution in [2.24, 2.45) is 23.7 Å². The third-order valence-corrected chi connectivity index (χ3v) is 11.5. The van der Waals surface area contributed by atoms with Gasteiger partial charge >= 0.3 is 5.97 Å². The number of aromatic nitrogens is 4. The number of ketones is 1. The van der Waals surface area contributed by atoms with Crippen molar-refractivity contribution < 1.29 is 44.2 Å². The molecule has 0 spiro atoms. The van der Waals surface area contributed by atoms with E-state index in [1.807, 2.05) is 64.3 Å². The largest absolute Gasteiger partial charge is 0.462 e. The molecule has 11 atom stereocenters. The minimum absolute atomic E-state index is 0.109. The molecule has 0 fully saturated rings. The number of allylic oxidation sites excluding steroid dienone is 3. The second-order valence-corrected chi connectivity index (χ2v) is 16.6. The number of cyclic esters (lactones) is 1. The number of ether oxygens (including phenoxy) is 3. The number of fused-ring (bicyclic) bond motifs is 1. The van der Waals surface area contributed by atoms with Gasteiger partial charge < -0.3 is 44.4 Å². The zero-order chi connectivity index (χ0) is 44.1. The molecular formula is C45H68N6O9. The fraction of sp³-hybridized carbons (Fsp3) is 0.622. The Balaban J connectivity index is 1.70. The van der Waals surface area contributed by atoms with Gasteiger partial charge in [0, 0.05) is 42.5 Å². The predicted octanol–water partition coefficient (Wildman–Crippen LogP) is 4.10. The number of pyridine rings is 1. The number of hydrogen-bond donors (Lipinski definition) is 4. The van der Waals surface area contributed by atoms with Crippen LogP contribution in [0.2, 0.25) is 0 Å². The number of rotatable bonds is 16. The number of carbonyl (C=O) groups excluding carboxylic acids is 2. The van der Waals surface area contributed by atoms with Crippen molar-refractivity contribution >= 4 is 22.7 Å². The summed E-state index contributed by atoms with van der Waals surface area (Å²) in [6.45, 7) is 11.6. The summed E-state index contributed by atoms with van der Waals surface area (Å²) in [4.78, 5) is 35.5. The number of carbonyl (C=O) groups is 2. The Bertz CT molecular complexity index is 1850. The lowest BCUT2D eigenvalue weighted by Crippen LogP contribution is -2.55. The Kier molecular flexibility index (Phi) is 19.0. The van der Waals surface area contributed by atoms with E-state index in [0.29, 0.717) is 32.4 Å². The molecular weight excluding hydrogens is 769 g/mol. The lowest BCUT2D eigenvalue weighted by molar-refractivity contribution is -0.251. The molecule has 15 heteroatoms. The Hall–Kier alpha value is -3.93. The van der Waals surface area contributed by atoms with Crippen LogP contribution in [-0.4, -0.2) is 146 Å². The maximum Gasteiger partial charge on any atom is 0.308 e. The van der Waals surface area contributed by atoms with Gasteiger partial charge in [-0.05, 0) is 104 Å². The van der Waals surface area contributed by atoms with Crippen LogP contribution in [0.1, 0.15) is 72.9 Å². The van der Waals surface area contributed by atoms with Gasteiger partial charge in [0.25, 0.3) is 0 Å². The predicted molar refractivity (Wildman–Crippen MR) is 229 cm³/mol. The fourth-order valence-electron chi connectivity index (χ4n) is 8.20. The first-order valence-corrected chi connectivity index (χ1v) is 21.2. The lowest BCUT2D eigenvalue weighted by Gasteiger charge is -2.41. The fourth-order valence-corrected chi connectivity index (χ4v) is 8.20. The quantitative estimate of drug-likeness (QED) is 0.119. The molecule has 60 heavy (non-hydrogen) atoms. The van der Waals surface area contributed by atoms with E-state index in [-0.39, 0.29) is 25.4 Å². The van der Waals surface area contributed by atoms with Gasteiger partial charge in [-0.15, -0.1) is 5.10 Å². The van der Waals surface area contributed by atoms with Crippen LogP contribution >= 0.6 is 0 Å². The van der Waals surface area contributed by atoms with Crippen molar-refractivity contribution in [3.63, 3.8) is 0 Å². The van der Waals surface area contributed by atoms with Gasteiger partial charge in [-0.3, -0.25) is 14.6 Å². The second-order valence-electron chi connectivity index (χ2n) is 16.6. The number of hydrogen-bond acceptors (Lipinski definition) is 14. The number of aliphatic hydroxyl groups is 4. The molecule has 2 aromatic heterocycles. The standard InChI is InChI=1S/C45H68N6O9/c1-10-40-33(27-52)22-28(3)17-18-38(54)29(4)23-32(19-21-50(9)25-34-26-51(48-47-34)37-16-12-15-36-35(37)14-13-20-46-36)44(30(5)39(55)24-41(56)59-40)60-45(58-11-2)43(57)42(31(6)53)49(7)8/h12-18,20,22,26,29-33,39-40,42-45,52-53,55,57H,10-11,19,21,23-25,27H2,1-9H3/b18-17+,28-22+/t29-,30+,31-,32+,33-,39-,40-,42?,43?,44-,45+/m1/s1. The van der Waals surface area contributed by atoms with Gasteiger partial charge in [0.15, 0.2) is 12.1 Å². The van der Waals surface area contributed by atoms with Crippen molar-refractivity contribution in [3.05, 3.63) is 72.2 Å². The molecule has 4 rings (SSSR count). The summed E-state index contributed by atoms with van der Waals surface area (Å²) in [6.07, 6.45) is 3.36. The molecule has 1 aromatic carbocycles. The van der Waals surface area contributed by atoms with E-state index < -0.39 is 72.5 Å². The van der Waals surface area contributed by atoms with E-state index in [1.165, 1.54) is 6.08 Å². The molecule has 3 heterocycles. The Morgan fingerprint density at radius 3 is 2.48 bits per heavy atom. The molecule has 0 radical (unpaired) electrons. The summed E-state index contributed by atoms with van der Waals surface area (Å²) in [5.41, 5.74) is 3.19. The van der Waals surface area contributed by atoms with Gasteiger partial charge in [0.1, 0.15) is 12.2 Å². The van der Waals surface area contributed by atoms with E-state index >= 15 is 0 Å². The van der Waals surface area contributed by atoms with Crippen molar-refractivity contribution in [3.8, 4) is 5.69 Å². The second kappa shape index (κ2) is 23.3. The normalized spacial score (nSPS) is 27.3. The number of likely N-dealkylation sites (N-methyl/N-ethyl adjacent to an activating group) is 1. The molecule has 332 valence electrons. The Morgan fingerprint density at radius 1 is 1.07 bits per heavy atom. The molecule has 1 aliphatic heterocycles. The monoisotopic (exact) mass is 837 g/mol. The Morgan fingerprint density at radius 2 is 1.82 bits per heavy atom. The molecule has 1 aliphatic rings. The van der Waals surface area contributed by atoms with Crippen molar-refractivity contribution in [2.45, 2.75) is 117 Å². The van der Waals surface area contributed by atoms with Crippen LogP contribution in [0.4, 0.5) is 0 Å². The van der Waals surface area contributed by atoms with E-state index in [1.54, 1.807) is 62.8 Å². The van der Waals surface area contributed by atoms with Crippen molar-refractivity contribution in [1.82, 2.24) is 29.8 Å². The number of benzene rings is 1. The molecule has 4 N–H and O–H groups in total. The highest BCUT2D eigenvalue weighted by atomic mass is 16.7. The van der Waals surface area contributed by atoms with E-state index in [4.69, 9.17) is 14.2 Å². The molecule has 0 amide bonds. The molecule has 2 unspecified atom stereocenters. The summed E-state index contributed by atoms with van der Waals surface area (Å²) < 4.78 is 20.4. The zero-order valence-electron chi connectivity index (χ0n) is 36.8. The van der Waals surface area contributed by atoms with Gasteiger partial charge in [-0.25, -0.2) is 4.68 Å². The maximum absolute atomic E-state index is 13.8. The summed E-state index contributed by atoms with van der Waals surface area (Å²) in [5, 5.41) is 54.3. The first-order valence-electron chi connectivity index (χ1n) is 21.2. The van der Waals surface area contributed by atoms with Crippen LogP contribution < -0.4 is 0 Å². The highest BCUT2D eigenvalue weighted by Crippen LogP contribution is 2.33. The Labute approximate surface area is 355 Å². The van der Waals surface area contributed by atoms with Crippen LogP contribution in [0.5, 0.6) is 0 Å². The molecule has 0 aliphatic carbocycles. The van der Waals surface area contributed by atoms with E-state index in [9.17, 15) is 30.0 Å². The van der Waals surface area contributed by atoms with Crippen molar-refractivity contribution in [2.75, 3.05) is 40.9 Å². The third-order valence-electron chi connectivity index (χ3n) is 11.5. The topological polar surface area (TPSA) is 193 Å². The smallest absolute Gasteiger partial charge is 0.308 e. The minimum atomic E-state index is -1.31. The van der Waals surface area contributed by atoms with Crippen LogP contribution in [-0.2, 0) is 30.3 Å². The average Bonchev–Trinajstić information content (AvgIpc) is 3.68. The average molecular weight is 837 g/mol. The van der Waals surface area contributed by atoms with Crippen LogP contribution in [0, 0.1) is 23.7 Å². The minimum Gasteiger partial charge on any atom is -0.462 e. The summed E-state index contributed by atoms with van der Waals surface area (Å²) in [7, 11) is 5.45. The molecule has 15 nitrogen and oxygen atoms in total. The molecule has 0 saturated carbocycles. The zero-order valence-corrected chi connectivity index (χ0v) is 36.8. The van der Waals surface area contributed by atoms with Crippen LogP contribution in [0.3, 0.4) is 0 Å². The van der Waals surface area contributed by atoms with Gasteiger partial charge in [-0.1, -0.05) is 49.8 Å². The molecule has 0 saturated heterocycles. The lowest BCUT2D eigenvalue weighted by atomic mass is 9.79. The molecule has 3 aromatic rings.